The minimum absolute atomic E-state index is 0.158. The molecule has 1 saturated heterocycles. The van der Waals surface area contributed by atoms with Gasteiger partial charge in [0.1, 0.15) is 0 Å². The monoisotopic (exact) mass is 377 g/mol. The van der Waals surface area contributed by atoms with Crippen LogP contribution in [0.5, 0.6) is 0 Å². The standard InChI is InChI=1S/C21H39N5O/c1-8-17-16(18(9-2)26(7)25-17)14-24-20(22-6)23-13-15-11-10-12-27-19(15)21(3,4)5/h15,19H,8-14H2,1-7H3,(H2,22,23,24). The summed E-state index contributed by atoms with van der Waals surface area (Å²) in [6.07, 6.45) is 4.56. The molecular weight excluding hydrogens is 338 g/mol. The first-order valence-corrected chi connectivity index (χ1v) is 10.4. The van der Waals surface area contributed by atoms with Crippen LogP contribution in [0.1, 0.15) is 64.4 Å². The predicted molar refractivity (Wildman–Crippen MR) is 112 cm³/mol. The van der Waals surface area contributed by atoms with Crippen molar-refractivity contribution < 1.29 is 4.74 Å². The van der Waals surface area contributed by atoms with E-state index in [2.05, 4.69) is 55.3 Å². The molecule has 0 spiro atoms. The summed E-state index contributed by atoms with van der Waals surface area (Å²) in [5, 5.41) is 11.7. The lowest BCUT2D eigenvalue weighted by molar-refractivity contribution is -0.0835. The fourth-order valence-electron chi connectivity index (χ4n) is 4.22. The summed E-state index contributed by atoms with van der Waals surface area (Å²) in [7, 11) is 3.86. The van der Waals surface area contributed by atoms with Gasteiger partial charge in [-0.3, -0.25) is 9.67 Å². The van der Waals surface area contributed by atoms with Crippen molar-refractivity contribution in [2.75, 3.05) is 20.2 Å². The smallest absolute Gasteiger partial charge is 0.191 e. The summed E-state index contributed by atoms with van der Waals surface area (Å²) in [6, 6.07) is 0. The minimum Gasteiger partial charge on any atom is -0.377 e. The van der Waals surface area contributed by atoms with Crippen LogP contribution in [0.2, 0.25) is 0 Å². The highest BCUT2D eigenvalue weighted by molar-refractivity contribution is 5.79. The Balaban J connectivity index is 1.97. The van der Waals surface area contributed by atoms with Crippen molar-refractivity contribution in [3.63, 3.8) is 0 Å². The van der Waals surface area contributed by atoms with Crippen molar-refractivity contribution >= 4 is 5.96 Å². The molecule has 0 aromatic carbocycles. The first-order valence-electron chi connectivity index (χ1n) is 10.4. The van der Waals surface area contributed by atoms with Gasteiger partial charge in [-0.25, -0.2) is 0 Å². The summed E-state index contributed by atoms with van der Waals surface area (Å²) in [6.45, 7) is 13.7. The normalized spacial score (nSPS) is 21.4. The van der Waals surface area contributed by atoms with Crippen LogP contribution < -0.4 is 10.6 Å². The van der Waals surface area contributed by atoms with Gasteiger partial charge in [0.05, 0.1) is 11.8 Å². The van der Waals surface area contributed by atoms with Crippen molar-refractivity contribution in [2.45, 2.75) is 73.0 Å². The van der Waals surface area contributed by atoms with E-state index in [4.69, 9.17) is 4.74 Å². The Bertz CT molecular complexity index is 629. The van der Waals surface area contributed by atoms with Crippen LogP contribution in [0.4, 0.5) is 0 Å². The molecule has 1 aliphatic rings. The SMILES string of the molecule is CCc1nn(C)c(CC)c1CNC(=NC)NCC1CCCOC1C(C)(C)C. The van der Waals surface area contributed by atoms with Crippen LogP contribution in [0, 0.1) is 11.3 Å². The van der Waals surface area contributed by atoms with E-state index in [1.807, 2.05) is 18.8 Å². The summed E-state index contributed by atoms with van der Waals surface area (Å²) in [5.41, 5.74) is 3.93. The molecule has 2 heterocycles. The molecule has 2 unspecified atom stereocenters. The molecular formula is C21H39N5O. The van der Waals surface area contributed by atoms with Gasteiger partial charge in [0.25, 0.3) is 0 Å². The second-order valence-corrected chi connectivity index (χ2v) is 8.57. The lowest BCUT2D eigenvalue weighted by atomic mass is 9.78. The Labute approximate surface area is 165 Å². The molecule has 0 radical (unpaired) electrons. The number of hydrogen-bond donors (Lipinski definition) is 2. The highest BCUT2D eigenvalue weighted by Gasteiger charge is 2.35. The molecule has 1 aromatic heterocycles. The van der Waals surface area contributed by atoms with Gasteiger partial charge in [-0.05, 0) is 31.1 Å². The molecule has 2 N–H and O–H groups in total. The topological polar surface area (TPSA) is 63.5 Å². The Morgan fingerprint density at radius 1 is 1.26 bits per heavy atom. The average Bonchev–Trinajstić information content (AvgIpc) is 2.96. The lowest BCUT2D eigenvalue weighted by Gasteiger charge is -2.40. The largest absolute Gasteiger partial charge is 0.377 e. The number of ether oxygens (including phenoxy) is 1. The molecule has 1 aliphatic heterocycles. The van der Waals surface area contributed by atoms with Gasteiger partial charge in [0, 0.05) is 51.0 Å². The zero-order chi connectivity index (χ0) is 20.0. The van der Waals surface area contributed by atoms with Crippen LogP contribution in [-0.2, 0) is 31.2 Å². The summed E-state index contributed by atoms with van der Waals surface area (Å²) in [5.74, 6) is 1.36. The van der Waals surface area contributed by atoms with Crippen molar-refractivity contribution in [2.24, 2.45) is 23.4 Å². The van der Waals surface area contributed by atoms with Gasteiger partial charge in [0.15, 0.2) is 5.96 Å². The summed E-state index contributed by atoms with van der Waals surface area (Å²) < 4.78 is 8.12. The molecule has 2 atom stereocenters. The van der Waals surface area contributed by atoms with E-state index < -0.39 is 0 Å². The fourth-order valence-corrected chi connectivity index (χ4v) is 4.22. The molecule has 0 bridgehead atoms. The van der Waals surface area contributed by atoms with Gasteiger partial charge in [-0.1, -0.05) is 34.6 Å². The predicted octanol–water partition coefficient (Wildman–Crippen LogP) is 3.05. The molecule has 0 aliphatic carbocycles. The number of aromatic nitrogens is 2. The lowest BCUT2D eigenvalue weighted by Crippen LogP contribution is -2.47. The number of aliphatic imine (C=N–C) groups is 1. The maximum absolute atomic E-state index is 6.10. The van der Waals surface area contributed by atoms with Gasteiger partial charge < -0.3 is 15.4 Å². The maximum Gasteiger partial charge on any atom is 0.191 e. The third kappa shape index (κ3) is 5.47. The number of nitrogens with zero attached hydrogens (tertiary/aromatic N) is 3. The van der Waals surface area contributed by atoms with Crippen molar-refractivity contribution in [3.8, 4) is 0 Å². The number of guanidine groups is 1. The highest BCUT2D eigenvalue weighted by atomic mass is 16.5. The Hall–Kier alpha value is -1.56. The minimum atomic E-state index is 0.158. The second kappa shape index (κ2) is 9.58. The van der Waals surface area contributed by atoms with Crippen molar-refractivity contribution in [1.82, 2.24) is 20.4 Å². The van der Waals surface area contributed by atoms with Crippen LogP contribution in [0.15, 0.2) is 4.99 Å². The van der Waals surface area contributed by atoms with Crippen LogP contribution >= 0.6 is 0 Å². The van der Waals surface area contributed by atoms with Crippen LogP contribution in [0.3, 0.4) is 0 Å². The van der Waals surface area contributed by atoms with E-state index in [9.17, 15) is 0 Å². The fraction of sp³-hybridized carbons (Fsp3) is 0.810. The van der Waals surface area contributed by atoms with E-state index in [1.54, 1.807) is 0 Å². The Morgan fingerprint density at radius 3 is 2.59 bits per heavy atom. The maximum atomic E-state index is 6.10. The van der Waals surface area contributed by atoms with Gasteiger partial charge in [0.2, 0.25) is 0 Å². The van der Waals surface area contributed by atoms with Gasteiger partial charge in [-0.2, -0.15) is 5.10 Å². The summed E-state index contributed by atoms with van der Waals surface area (Å²) >= 11 is 0. The van der Waals surface area contributed by atoms with Gasteiger partial charge >= 0.3 is 0 Å². The van der Waals surface area contributed by atoms with E-state index in [0.717, 1.165) is 44.9 Å². The molecule has 154 valence electrons. The van der Waals surface area contributed by atoms with E-state index in [-0.39, 0.29) is 11.5 Å². The first-order chi connectivity index (χ1) is 12.8. The molecule has 27 heavy (non-hydrogen) atoms. The van der Waals surface area contributed by atoms with Crippen molar-refractivity contribution in [1.29, 1.82) is 0 Å². The molecule has 2 rings (SSSR count). The molecule has 1 fully saturated rings. The van der Waals surface area contributed by atoms with Crippen LogP contribution in [0.25, 0.3) is 0 Å². The summed E-state index contributed by atoms with van der Waals surface area (Å²) in [4.78, 5) is 4.42. The van der Waals surface area contributed by atoms with Crippen molar-refractivity contribution in [3.05, 3.63) is 17.0 Å². The molecule has 6 nitrogen and oxygen atoms in total. The first kappa shape index (κ1) is 21.7. The number of hydrogen-bond acceptors (Lipinski definition) is 3. The highest BCUT2D eigenvalue weighted by Crippen LogP contribution is 2.33. The van der Waals surface area contributed by atoms with Crippen LogP contribution in [-0.4, -0.2) is 42.0 Å². The zero-order valence-electron chi connectivity index (χ0n) is 18.4. The number of aryl methyl sites for hydroxylation is 2. The van der Waals surface area contributed by atoms with E-state index >= 15 is 0 Å². The molecule has 0 amide bonds. The zero-order valence-corrected chi connectivity index (χ0v) is 18.4. The van der Waals surface area contributed by atoms with E-state index in [0.29, 0.717) is 5.92 Å². The average molecular weight is 378 g/mol. The third-order valence-electron chi connectivity index (χ3n) is 5.51. The quantitative estimate of drug-likeness (QED) is 0.591. The third-order valence-corrected chi connectivity index (χ3v) is 5.51. The molecule has 6 heteroatoms. The second-order valence-electron chi connectivity index (χ2n) is 8.57. The molecule has 0 saturated carbocycles. The molecule has 1 aromatic rings. The number of nitrogens with one attached hydrogen (secondary N) is 2. The van der Waals surface area contributed by atoms with Gasteiger partial charge in [-0.15, -0.1) is 0 Å². The van der Waals surface area contributed by atoms with E-state index in [1.165, 1.54) is 23.4 Å². The Kier molecular flexibility index (Phi) is 7.71. The number of rotatable bonds is 6. The Morgan fingerprint density at radius 2 is 2.00 bits per heavy atom.